The van der Waals surface area contributed by atoms with E-state index >= 15 is 0 Å². The SMILES string of the molecule is c1ccc(Nc2c(-c3cccc(-c4ccccc4)c3)ccc3c2[nH]c2ccccc23)cc1. The number of hydrogen-bond acceptors (Lipinski definition) is 1. The molecule has 0 unspecified atom stereocenters. The maximum Gasteiger partial charge on any atom is 0.0710 e. The summed E-state index contributed by atoms with van der Waals surface area (Å²) in [7, 11) is 0. The second-order valence-corrected chi connectivity index (χ2v) is 8.02. The van der Waals surface area contributed by atoms with E-state index in [1.54, 1.807) is 0 Å². The average molecular weight is 411 g/mol. The molecule has 0 bridgehead atoms. The first-order valence-corrected chi connectivity index (χ1v) is 10.9. The summed E-state index contributed by atoms with van der Waals surface area (Å²) in [4.78, 5) is 3.66. The van der Waals surface area contributed by atoms with E-state index in [0.29, 0.717) is 0 Å². The van der Waals surface area contributed by atoms with Gasteiger partial charge in [-0.15, -0.1) is 0 Å². The van der Waals surface area contributed by atoms with Crippen LogP contribution in [0.4, 0.5) is 11.4 Å². The van der Waals surface area contributed by atoms with Crippen molar-refractivity contribution < 1.29 is 0 Å². The van der Waals surface area contributed by atoms with Crippen molar-refractivity contribution in [1.29, 1.82) is 0 Å². The van der Waals surface area contributed by atoms with Crippen LogP contribution in [0.1, 0.15) is 0 Å². The Labute approximate surface area is 187 Å². The van der Waals surface area contributed by atoms with Gasteiger partial charge in [0, 0.05) is 27.5 Å². The first-order chi connectivity index (χ1) is 15.9. The predicted octanol–water partition coefficient (Wildman–Crippen LogP) is 8.40. The van der Waals surface area contributed by atoms with Crippen LogP contribution in [0, 0.1) is 0 Å². The van der Waals surface area contributed by atoms with Crippen LogP contribution in [-0.2, 0) is 0 Å². The van der Waals surface area contributed by atoms with Gasteiger partial charge in [-0.05, 0) is 41.0 Å². The van der Waals surface area contributed by atoms with Gasteiger partial charge in [0.25, 0.3) is 0 Å². The molecule has 0 aliphatic rings. The molecule has 0 fully saturated rings. The fraction of sp³-hybridized carbons (Fsp3) is 0. The summed E-state index contributed by atoms with van der Waals surface area (Å²) in [6.45, 7) is 0. The Kier molecular flexibility index (Phi) is 4.47. The number of fused-ring (bicyclic) bond motifs is 3. The summed E-state index contributed by atoms with van der Waals surface area (Å²) in [5, 5.41) is 6.17. The minimum Gasteiger partial charge on any atom is -0.353 e. The first-order valence-electron chi connectivity index (χ1n) is 10.9. The highest BCUT2D eigenvalue weighted by Gasteiger charge is 2.14. The van der Waals surface area contributed by atoms with Gasteiger partial charge in [0.05, 0.1) is 11.2 Å². The molecule has 0 amide bonds. The highest BCUT2D eigenvalue weighted by atomic mass is 14.9. The standard InChI is InChI=1S/C30H22N2/c1-3-10-21(11-4-1)22-12-9-13-23(20-22)25-18-19-27-26-16-7-8-17-28(26)32-30(27)29(25)31-24-14-5-2-6-15-24/h1-20,31-32H. The topological polar surface area (TPSA) is 27.8 Å². The van der Waals surface area contributed by atoms with Gasteiger partial charge in [-0.3, -0.25) is 0 Å². The predicted molar refractivity (Wildman–Crippen MR) is 136 cm³/mol. The number of nitrogens with one attached hydrogen (secondary N) is 2. The Morgan fingerprint density at radius 1 is 0.500 bits per heavy atom. The third-order valence-electron chi connectivity index (χ3n) is 6.01. The quantitative estimate of drug-likeness (QED) is 0.300. The normalized spacial score (nSPS) is 11.1. The highest BCUT2D eigenvalue weighted by molar-refractivity contribution is 6.14. The number of hydrogen-bond donors (Lipinski definition) is 2. The molecule has 1 heterocycles. The lowest BCUT2D eigenvalue weighted by atomic mass is 9.96. The van der Waals surface area contributed by atoms with Crippen LogP contribution in [-0.4, -0.2) is 4.98 Å². The molecule has 2 N–H and O–H groups in total. The van der Waals surface area contributed by atoms with Gasteiger partial charge in [0.2, 0.25) is 0 Å². The van der Waals surface area contributed by atoms with Crippen molar-refractivity contribution in [1.82, 2.24) is 4.98 Å². The summed E-state index contributed by atoms with van der Waals surface area (Å²) in [6, 6.07) is 42.6. The van der Waals surface area contributed by atoms with Crippen LogP contribution >= 0.6 is 0 Å². The lowest BCUT2D eigenvalue weighted by molar-refractivity contribution is 1.50. The summed E-state index contributed by atoms with van der Waals surface area (Å²) in [5.74, 6) is 0. The van der Waals surface area contributed by atoms with Crippen molar-refractivity contribution >= 4 is 33.2 Å². The van der Waals surface area contributed by atoms with E-state index in [0.717, 1.165) is 22.4 Å². The van der Waals surface area contributed by atoms with Crippen LogP contribution in [0.15, 0.2) is 121 Å². The molecule has 0 spiro atoms. The first kappa shape index (κ1) is 18.5. The molecule has 0 saturated carbocycles. The molecule has 32 heavy (non-hydrogen) atoms. The fourth-order valence-electron chi connectivity index (χ4n) is 4.45. The molecule has 0 aliphatic heterocycles. The lowest BCUT2D eigenvalue weighted by Crippen LogP contribution is -1.95. The van der Waals surface area contributed by atoms with E-state index in [-0.39, 0.29) is 0 Å². The van der Waals surface area contributed by atoms with Crippen LogP contribution in [0.2, 0.25) is 0 Å². The lowest BCUT2D eigenvalue weighted by Gasteiger charge is -2.15. The Balaban J connectivity index is 1.58. The molecule has 0 radical (unpaired) electrons. The largest absolute Gasteiger partial charge is 0.353 e. The summed E-state index contributed by atoms with van der Waals surface area (Å²) in [6.07, 6.45) is 0. The Bertz CT molecular complexity index is 1530. The van der Waals surface area contributed by atoms with Crippen molar-refractivity contribution in [3.8, 4) is 22.3 Å². The fourth-order valence-corrected chi connectivity index (χ4v) is 4.45. The third-order valence-corrected chi connectivity index (χ3v) is 6.01. The van der Waals surface area contributed by atoms with E-state index in [1.807, 2.05) is 6.07 Å². The molecule has 2 heteroatoms. The van der Waals surface area contributed by atoms with Crippen molar-refractivity contribution in [2.24, 2.45) is 0 Å². The van der Waals surface area contributed by atoms with Gasteiger partial charge >= 0.3 is 0 Å². The molecule has 0 aliphatic carbocycles. The van der Waals surface area contributed by atoms with E-state index in [2.05, 4.69) is 126 Å². The van der Waals surface area contributed by atoms with Gasteiger partial charge in [-0.2, -0.15) is 0 Å². The molecule has 6 rings (SSSR count). The van der Waals surface area contributed by atoms with Crippen molar-refractivity contribution in [2.45, 2.75) is 0 Å². The number of para-hydroxylation sites is 2. The van der Waals surface area contributed by atoms with E-state index in [9.17, 15) is 0 Å². The van der Waals surface area contributed by atoms with Crippen molar-refractivity contribution in [2.75, 3.05) is 5.32 Å². The minimum atomic E-state index is 1.07. The summed E-state index contributed by atoms with van der Waals surface area (Å²) >= 11 is 0. The molecule has 152 valence electrons. The molecule has 2 nitrogen and oxygen atoms in total. The number of aromatic nitrogens is 1. The zero-order chi connectivity index (χ0) is 21.3. The molecule has 0 saturated heterocycles. The van der Waals surface area contributed by atoms with Gasteiger partial charge in [0.15, 0.2) is 0 Å². The van der Waals surface area contributed by atoms with Crippen LogP contribution in [0.3, 0.4) is 0 Å². The van der Waals surface area contributed by atoms with Gasteiger partial charge < -0.3 is 10.3 Å². The second kappa shape index (κ2) is 7.75. The number of anilines is 2. The van der Waals surface area contributed by atoms with Crippen LogP contribution < -0.4 is 5.32 Å². The highest BCUT2D eigenvalue weighted by Crippen LogP contribution is 2.40. The van der Waals surface area contributed by atoms with E-state index < -0.39 is 0 Å². The smallest absolute Gasteiger partial charge is 0.0710 e. The Morgan fingerprint density at radius 2 is 1.19 bits per heavy atom. The van der Waals surface area contributed by atoms with Gasteiger partial charge in [-0.1, -0.05) is 97.1 Å². The summed E-state index contributed by atoms with van der Waals surface area (Å²) < 4.78 is 0. The molecular formula is C30H22N2. The van der Waals surface area contributed by atoms with Crippen LogP contribution in [0.5, 0.6) is 0 Å². The third kappa shape index (κ3) is 3.23. The molecular weight excluding hydrogens is 388 g/mol. The molecule has 5 aromatic carbocycles. The molecule has 6 aromatic rings. The number of H-pyrrole nitrogens is 1. The van der Waals surface area contributed by atoms with Crippen molar-refractivity contribution in [3.05, 3.63) is 121 Å². The maximum absolute atomic E-state index is 3.70. The zero-order valence-electron chi connectivity index (χ0n) is 17.5. The molecule has 0 atom stereocenters. The van der Waals surface area contributed by atoms with Crippen molar-refractivity contribution in [3.63, 3.8) is 0 Å². The van der Waals surface area contributed by atoms with E-state index in [4.69, 9.17) is 0 Å². The monoisotopic (exact) mass is 410 g/mol. The van der Waals surface area contributed by atoms with Gasteiger partial charge in [-0.25, -0.2) is 0 Å². The number of aromatic amines is 1. The molecule has 1 aromatic heterocycles. The minimum absolute atomic E-state index is 1.07. The second-order valence-electron chi connectivity index (χ2n) is 8.02. The maximum atomic E-state index is 3.70. The summed E-state index contributed by atoms with van der Waals surface area (Å²) in [5.41, 5.74) is 9.22. The number of rotatable bonds is 4. The Morgan fingerprint density at radius 3 is 2.03 bits per heavy atom. The van der Waals surface area contributed by atoms with E-state index in [1.165, 1.54) is 33.0 Å². The van der Waals surface area contributed by atoms with Crippen LogP contribution in [0.25, 0.3) is 44.1 Å². The van der Waals surface area contributed by atoms with Gasteiger partial charge in [0.1, 0.15) is 0 Å². The average Bonchev–Trinajstić information content (AvgIpc) is 3.25. The Hall–Kier alpha value is -4.30. The zero-order valence-corrected chi connectivity index (χ0v) is 17.5. The number of benzene rings is 5.